The number of aromatic amines is 1. The summed E-state index contributed by atoms with van der Waals surface area (Å²) in [5, 5.41) is 4.93. The van der Waals surface area contributed by atoms with Crippen molar-refractivity contribution in [3.8, 4) is 0 Å². The highest BCUT2D eigenvalue weighted by Crippen LogP contribution is 2.18. The van der Waals surface area contributed by atoms with Gasteiger partial charge >= 0.3 is 0 Å². The van der Waals surface area contributed by atoms with Crippen LogP contribution < -0.4 is 5.32 Å². The fourth-order valence-corrected chi connectivity index (χ4v) is 3.26. The van der Waals surface area contributed by atoms with Crippen molar-refractivity contribution in [1.82, 2.24) is 10.3 Å². The maximum absolute atomic E-state index is 3.59. The van der Waals surface area contributed by atoms with Crippen LogP contribution in [0.25, 0.3) is 10.9 Å². The first-order chi connectivity index (χ1) is 10.6. The molecule has 3 rings (SSSR count). The molecule has 1 heterocycles. The Bertz CT molecular complexity index is 760. The Balaban J connectivity index is 1.60. The van der Waals surface area contributed by atoms with Gasteiger partial charge in [0.25, 0.3) is 0 Å². The predicted octanol–water partition coefficient (Wildman–Crippen LogP) is 4.43. The zero-order valence-corrected chi connectivity index (χ0v) is 13.7. The molecule has 2 heteroatoms. The third-order valence-electron chi connectivity index (χ3n) is 4.39. The molecular formula is C20H24N2. The van der Waals surface area contributed by atoms with Gasteiger partial charge < -0.3 is 10.3 Å². The lowest BCUT2D eigenvalue weighted by Crippen LogP contribution is -2.18. The van der Waals surface area contributed by atoms with E-state index in [1.165, 1.54) is 38.7 Å². The van der Waals surface area contributed by atoms with Crippen LogP contribution in [0.15, 0.2) is 42.6 Å². The Hall–Kier alpha value is -2.06. The lowest BCUT2D eigenvalue weighted by molar-refractivity contribution is 0.683. The maximum atomic E-state index is 3.59. The number of H-pyrrole nitrogens is 1. The van der Waals surface area contributed by atoms with Gasteiger partial charge in [-0.05, 0) is 62.1 Å². The van der Waals surface area contributed by atoms with Crippen molar-refractivity contribution in [3.63, 3.8) is 0 Å². The van der Waals surface area contributed by atoms with Crippen molar-refractivity contribution in [2.24, 2.45) is 0 Å². The molecule has 0 bridgehead atoms. The summed E-state index contributed by atoms with van der Waals surface area (Å²) in [7, 11) is 0. The van der Waals surface area contributed by atoms with E-state index in [4.69, 9.17) is 0 Å². The highest BCUT2D eigenvalue weighted by atomic mass is 14.8. The van der Waals surface area contributed by atoms with Crippen LogP contribution in [-0.4, -0.2) is 11.5 Å². The number of aromatic nitrogens is 1. The Kier molecular flexibility index (Phi) is 4.30. The Labute approximate surface area is 132 Å². The molecule has 0 saturated carbocycles. The number of fused-ring (bicyclic) bond motifs is 1. The lowest BCUT2D eigenvalue weighted by Gasteiger charge is -2.12. The molecule has 0 saturated heterocycles. The molecule has 1 aromatic heterocycles. The van der Waals surface area contributed by atoms with Crippen molar-refractivity contribution < 1.29 is 0 Å². The Morgan fingerprint density at radius 1 is 1.00 bits per heavy atom. The molecular weight excluding hydrogens is 268 g/mol. The van der Waals surface area contributed by atoms with E-state index in [2.05, 4.69) is 73.7 Å². The van der Waals surface area contributed by atoms with Gasteiger partial charge in [0.15, 0.2) is 0 Å². The van der Waals surface area contributed by atoms with E-state index in [0.717, 1.165) is 19.5 Å². The molecule has 3 aromatic rings. The van der Waals surface area contributed by atoms with Crippen molar-refractivity contribution in [1.29, 1.82) is 0 Å². The standard InChI is InChI=1S/C20H24N2/c1-14-10-15(2)19(16(3)11-14)13-21-9-8-17-12-22-20-7-5-4-6-18(17)20/h4-7,10-12,21-22H,8-9,13H2,1-3H3. The minimum absolute atomic E-state index is 0.945. The zero-order chi connectivity index (χ0) is 15.5. The summed E-state index contributed by atoms with van der Waals surface area (Å²) in [6.07, 6.45) is 3.18. The molecule has 0 radical (unpaired) electrons. The van der Waals surface area contributed by atoms with Gasteiger partial charge in [-0.15, -0.1) is 0 Å². The molecule has 0 aliphatic rings. The first-order valence-corrected chi connectivity index (χ1v) is 7.97. The zero-order valence-electron chi connectivity index (χ0n) is 13.7. The normalized spacial score (nSPS) is 11.2. The van der Waals surface area contributed by atoms with Crippen LogP contribution in [0.1, 0.15) is 27.8 Å². The van der Waals surface area contributed by atoms with E-state index in [-0.39, 0.29) is 0 Å². The van der Waals surface area contributed by atoms with E-state index in [1.807, 2.05) is 0 Å². The number of aryl methyl sites for hydroxylation is 3. The summed E-state index contributed by atoms with van der Waals surface area (Å²) in [5.41, 5.74) is 8.17. The van der Waals surface area contributed by atoms with Gasteiger partial charge in [0.2, 0.25) is 0 Å². The fourth-order valence-electron chi connectivity index (χ4n) is 3.26. The molecule has 114 valence electrons. The largest absolute Gasteiger partial charge is 0.361 e. The van der Waals surface area contributed by atoms with E-state index in [1.54, 1.807) is 0 Å². The van der Waals surface area contributed by atoms with E-state index < -0.39 is 0 Å². The van der Waals surface area contributed by atoms with Gasteiger partial charge in [0, 0.05) is 23.6 Å². The van der Waals surface area contributed by atoms with Gasteiger partial charge in [-0.2, -0.15) is 0 Å². The number of hydrogen-bond acceptors (Lipinski definition) is 1. The molecule has 0 aliphatic carbocycles. The van der Waals surface area contributed by atoms with Gasteiger partial charge in [-0.1, -0.05) is 35.9 Å². The number of benzene rings is 2. The molecule has 2 nitrogen and oxygen atoms in total. The molecule has 0 amide bonds. The SMILES string of the molecule is Cc1cc(C)c(CNCCc2c[nH]c3ccccc23)c(C)c1. The summed E-state index contributed by atoms with van der Waals surface area (Å²) < 4.78 is 0. The number of hydrogen-bond donors (Lipinski definition) is 2. The lowest BCUT2D eigenvalue weighted by atomic mass is 10.00. The highest BCUT2D eigenvalue weighted by Gasteiger charge is 2.05. The number of rotatable bonds is 5. The summed E-state index contributed by atoms with van der Waals surface area (Å²) in [6.45, 7) is 8.51. The molecule has 0 atom stereocenters. The van der Waals surface area contributed by atoms with Gasteiger partial charge in [-0.3, -0.25) is 0 Å². The maximum Gasteiger partial charge on any atom is 0.0456 e. The Morgan fingerprint density at radius 2 is 1.73 bits per heavy atom. The van der Waals surface area contributed by atoms with Gasteiger partial charge in [0.1, 0.15) is 0 Å². The molecule has 0 unspecified atom stereocenters. The fraction of sp³-hybridized carbons (Fsp3) is 0.300. The summed E-state index contributed by atoms with van der Waals surface area (Å²) >= 11 is 0. The predicted molar refractivity (Wildman–Crippen MR) is 94.4 cm³/mol. The molecule has 2 aromatic carbocycles. The molecule has 2 N–H and O–H groups in total. The Morgan fingerprint density at radius 3 is 2.50 bits per heavy atom. The average Bonchev–Trinajstić information content (AvgIpc) is 2.89. The third kappa shape index (κ3) is 3.07. The topological polar surface area (TPSA) is 27.8 Å². The molecule has 22 heavy (non-hydrogen) atoms. The van der Waals surface area contributed by atoms with Crippen LogP contribution in [0, 0.1) is 20.8 Å². The van der Waals surface area contributed by atoms with Crippen molar-refractivity contribution in [3.05, 3.63) is 70.4 Å². The van der Waals surface area contributed by atoms with E-state index >= 15 is 0 Å². The number of para-hydroxylation sites is 1. The minimum Gasteiger partial charge on any atom is -0.361 e. The van der Waals surface area contributed by atoms with Gasteiger partial charge in [-0.25, -0.2) is 0 Å². The second kappa shape index (κ2) is 6.37. The monoisotopic (exact) mass is 292 g/mol. The van der Waals surface area contributed by atoms with Crippen LogP contribution in [0.4, 0.5) is 0 Å². The second-order valence-corrected chi connectivity index (χ2v) is 6.16. The van der Waals surface area contributed by atoms with Crippen molar-refractivity contribution in [2.75, 3.05) is 6.54 Å². The highest BCUT2D eigenvalue weighted by molar-refractivity contribution is 5.83. The van der Waals surface area contributed by atoms with Crippen LogP contribution >= 0.6 is 0 Å². The molecule has 0 aliphatic heterocycles. The summed E-state index contributed by atoms with van der Waals surface area (Å²) in [6, 6.07) is 13.0. The van der Waals surface area contributed by atoms with E-state index in [0.29, 0.717) is 0 Å². The summed E-state index contributed by atoms with van der Waals surface area (Å²) in [4.78, 5) is 3.34. The first-order valence-electron chi connectivity index (χ1n) is 7.97. The van der Waals surface area contributed by atoms with Gasteiger partial charge in [0.05, 0.1) is 0 Å². The van der Waals surface area contributed by atoms with Crippen LogP contribution in [0.5, 0.6) is 0 Å². The van der Waals surface area contributed by atoms with Crippen LogP contribution in [0.2, 0.25) is 0 Å². The quantitative estimate of drug-likeness (QED) is 0.669. The molecule has 0 fully saturated rings. The summed E-state index contributed by atoms with van der Waals surface area (Å²) in [5.74, 6) is 0. The minimum atomic E-state index is 0.945. The molecule has 0 spiro atoms. The van der Waals surface area contributed by atoms with E-state index in [9.17, 15) is 0 Å². The second-order valence-electron chi connectivity index (χ2n) is 6.16. The van der Waals surface area contributed by atoms with Crippen LogP contribution in [0.3, 0.4) is 0 Å². The van der Waals surface area contributed by atoms with Crippen molar-refractivity contribution >= 4 is 10.9 Å². The first kappa shape index (κ1) is 14.9. The smallest absolute Gasteiger partial charge is 0.0456 e. The van der Waals surface area contributed by atoms with Crippen molar-refractivity contribution in [2.45, 2.75) is 33.7 Å². The number of nitrogens with one attached hydrogen (secondary N) is 2. The third-order valence-corrected chi connectivity index (χ3v) is 4.39. The average molecular weight is 292 g/mol. The van der Waals surface area contributed by atoms with Crippen LogP contribution in [-0.2, 0) is 13.0 Å².